The Bertz CT molecular complexity index is 1030. The molecule has 31 heavy (non-hydrogen) atoms. The number of rotatable bonds is 8. The van der Waals surface area contributed by atoms with Crippen molar-refractivity contribution in [1.82, 2.24) is 10.7 Å². The predicted octanol–water partition coefficient (Wildman–Crippen LogP) is 3.81. The maximum absolute atomic E-state index is 12.5. The zero-order valence-electron chi connectivity index (χ0n) is 16.9. The van der Waals surface area contributed by atoms with Gasteiger partial charge in [-0.1, -0.05) is 37.0 Å². The largest absolute Gasteiger partial charge is 0.490 e. The minimum absolute atomic E-state index is 0.106. The Balaban J connectivity index is 2.10. The Morgan fingerprint density at radius 3 is 2.48 bits per heavy atom. The Hall–Kier alpha value is -3.17. The Morgan fingerprint density at radius 2 is 1.90 bits per heavy atom. The van der Waals surface area contributed by atoms with Gasteiger partial charge in [-0.05, 0) is 36.2 Å². The molecule has 0 unspecified atom stereocenters. The molecule has 2 aromatic rings. The predicted molar refractivity (Wildman–Crippen MR) is 118 cm³/mol. The van der Waals surface area contributed by atoms with Gasteiger partial charge < -0.3 is 10.1 Å². The second kappa shape index (κ2) is 10.7. The number of benzene rings is 2. The molecule has 11 heteroatoms. The van der Waals surface area contributed by atoms with Crippen molar-refractivity contribution in [2.75, 3.05) is 7.11 Å². The molecule has 0 fully saturated rings. The van der Waals surface area contributed by atoms with Crippen LogP contribution in [0.3, 0.4) is 0 Å². The van der Waals surface area contributed by atoms with Crippen LogP contribution in [0, 0.1) is 16.0 Å². The number of hydrogen-bond acceptors (Lipinski definition) is 6. The highest BCUT2D eigenvalue weighted by molar-refractivity contribution is 6.36. The number of hydrogen-bond donors (Lipinski definition) is 2. The van der Waals surface area contributed by atoms with Gasteiger partial charge in [-0.25, -0.2) is 5.43 Å². The lowest BCUT2D eigenvalue weighted by Crippen LogP contribution is -2.48. The fourth-order valence-corrected chi connectivity index (χ4v) is 3.09. The lowest BCUT2D eigenvalue weighted by atomic mass is 10.0. The summed E-state index contributed by atoms with van der Waals surface area (Å²) in [7, 11) is 1.33. The van der Waals surface area contributed by atoms with E-state index in [0.29, 0.717) is 10.6 Å². The average molecular weight is 467 g/mol. The summed E-state index contributed by atoms with van der Waals surface area (Å²) in [6.07, 6.45) is 1.25. The highest BCUT2D eigenvalue weighted by atomic mass is 35.5. The van der Waals surface area contributed by atoms with E-state index in [2.05, 4.69) is 15.8 Å². The van der Waals surface area contributed by atoms with Gasteiger partial charge >= 0.3 is 5.69 Å². The number of nitro groups is 1. The molecular formula is C20H20Cl2N4O5. The van der Waals surface area contributed by atoms with Crippen molar-refractivity contribution in [3.05, 3.63) is 67.7 Å². The normalized spacial score (nSPS) is 11.9. The minimum atomic E-state index is -0.901. The van der Waals surface area contributed by atoms with E-state index in [1.165, 1.54) is 43.7 Å². The third-order valence-corrected chi connectivity index (χ3v) is 4.75. The van der Waals surface area contributed by atoms with Crippen LogP contribution < -0.4 is 15.5 Å². The quantitative estimate of drug-likeness (QED) is 0.347. The maximum atomic E-state index is 12.5. The summed E-state index contributed by atoms with van der Waals surface area (Å²) in [4.78, 5) is 35.6. The fraction of sp³-hybridized carbons (Fsp3) is 0.250. The summed E-state index contributed by atoms with van der Waals surface area (Å²) in [5.74, 6) is -1.25. The van der Waals surface area contributed by atoms with Crippen LogP contribution in [0.5, 0.6) is 5.75 Å². The number of nitrogens with zero attached hydrogens (tertiary/aromatic N) is 2. The van der Waals surface area contributed by atoms with Gasteiger partial charge in [0.15, 0.2) is 5.75 Å². The highest BCUT2D eigenvalue weighted by Gasteiger charge is 2.25. The number of carbonyl (C=O) groups is 2. The molecule has 0 aliphatic heterocycles. The zero-order valence-corrected chi connectivity index (χ0v) is 18.4. The summed E-state index contributed by atoms with van der Waals surface area (Å²) in [6.45, 7) is 3.51. The molecule has 2 rings (SSSR count). The standard InChI is InChI=1S/C20H20Cl2N4O5/c1-11(2)18(24-19(27)14-6-5-13(21)9-15(14)22)20(28)25-23-10-12-4-7-17(31-3)16(8-12)26(29)30/h4-11,18H,1-3H3,(H,24,27)(H,25,28)/b23-10+/t18-/m0/s1. The number of carbonyl (C=O) groups excluding carboxylic acids is 2. The fourth-order valence-electron chi connectivity index (χ4n) is 2.60. The number of ether oxygens (including phenoxy) is 1. The van der Waals surface area contributed by atoms with Gasteiger partial charge in [0, 0.05) is 16.7 Å². The third-order valence-electron chi connectivity index (χ3n) is 4.20. The van der Waals surface area contributed by atoms with Crippen LogP contribution >= 0.6 is 23.2 Å². The number of halogens is 2. The van der Waals surface area contributed by atoms with Crippen molar-refractivity contribution in [2.45, 2.75) is 19.9 Å². The molecule has 0 saturated carbocycles. The molecule has 0 heterocycles. The molecule has 1 atom stereocenters. The number of methoxy groups -OCH3 is 1. The van der Waals surface area contributed by atoms with E-state index >= 15 is 0 Å². The Labute approximate surface area is 188 Å². The second-order valence-corrected chi connectivity index (χ2v) is 7.59. The van der Waals surface area contributed by atoms with E-state index < -0.39 is 22.8 Å². The summed E-state index contributed by atoms with van der Waals surface area (Å²) in [6, 6.07) is 7.75. The number of amides is 2. The molecule has 2 aromatic carbocycles. The number of nitrogens with one attached hydrogen (secondary N) is 2. The van der Waals surface area contributed by atoms with E-state index in [1.807, 2.05) is 0 Å². The van der Waals surface area contributed by atoms with E-state index in [4.69, 9.17) is 27.9 Å². The Morgan fingerprint density at radius 1 is 1.19 bits per heavy atom. The maximum Gasteiger partial charge on any atom is 0.311 e. The van der Waals surface area contributed by atoms with Gasteiger partial charge in [0.2, 0.25) is 0 Å². The van der Waals surface area contributed by atoms with E-state index in [0.717, 1.165) is 0 Å². The lowest BCUT2D eigenvalue weighted by Gasteiger charge is -2.20. The molecule has 0 aromatic heterocycles. The van der Waals surface area contributed by atoms with Crippen molar-refractivity contribution in [2.24, 2.45) is 11.0 Å². The molecule has 2 amide bonds. The van der Waals surface area contributed by atoms with Gasteiger partial charge in [-0.15, -0.1) is 0 Å². The second-order valence-electron chi connectivity index (χ2n) is 6.74. The van der Waals surface area contributed by atoms with Crippen LogP contribution in [-0.4, -0.2) is 36.1 Å². The SMILES string of the molecule is COc1ccc(/C=N/NC(=O)[C@@H](NC(=O)c2ccc(Cl)cc2Cl)C(C)C)cc1[N+](=O)[O-]. The van der Waals surface area contributed by atoms with E-state index in [1.54, 1.807) is 19.9 Å². The van der Waals surface area contributed by atoms with Gasteiger partial charge in [0.25, 0.3) is 11.8 Å². The monoisotopic (exact) mass is 466 g/mol. The summed E-state index contributed by atoms with van der Waals surface area (Å²) >= 11 is 11.9. The van der Waals surface area contributed by atoms with Crippen molar-refractivity contribution < 1.29 is 19.2 Å². The number of hydrazone groups is 1. The van der Waals surface area contributed by atoms with Crippen LogP contribution in [0.15, 0.2) is 41.5 Å². The molecule has 0 bridgehead atoms. The van der Waals surface area contributed by atoms with Gasteiger partial charge in [-0.3, -0.25) is 19.7 Å². The van der Waals surface area contributed by atoms with Gasteiger partial charge in [0.05, 0.1) is 28.8 Å². The van der Waals surface area contributed by atoms with Crippen molar-refractivity contribution in [3.8, 4) is 5.75 Å². The molecule has 9 nitrogen and oxygen atoms in total. The molecular weight excluding hydrogens is 447 g/mol. The minimum Gasteiger partial charge on any atom is -0.490 e. The Kier molecular flexibility index (Phi) is 8.35. The van der Waals surface area contributed by atoms with Gasteiger partial charge in [-0.2, -0.15) is 5.10 Å². The summed E-state index contributed by atoms with van der Waals surface area (Å²) < 4.78 is 4.94. The molecule has 2 N–H and O–H groups in total. The number of nitro benzene ring substituents is 1. The van der Waals surface area contributed by atoms with Crippen molar-refractivity contribution >= 4 is 46.9 Å². The van der Waals surface area contributed by atoms with Crippen LogP contribution in [0.2, 0.25) is 10.0 Å². The van der Waals surface area contributed by atoms with Crippen LogP contribution in [0.1, 0.15) is 29.8 Å². The van der Waals surface area contributed by atoms with Crippen LogP contribution in [0.25, 0.3) is 0 Å². The molecule has 0 aliphatic rings. The van der Waals surface area contributed by atoms with Gasteiger partial charge in [0.1, 0.15) is 6.04 Å². The molecule has 0 aliphatic carbocycles. The average Bonchev–Trinajstić information content (AvgIpc) is 2.71. The van der Waals surface area contributed by atoms with E-state index in [-0.39, 0.29) is 27.9 Å². The topological polar surface area (TPSA) is 123 Å². The third kappa shape index (κ3) is 6.40. The highest BCUT2D eigenvalue weighted by Crippen LogP contribution is 2.26. The van der Waals surface area contributed by atoms with Crippen LogP contribution in [0.4, 0.5) is 5.69 Å². The van der Waals surface area contributed by atoms with E-state index in [9.17, 15) is 19.7 Å². The smallest absolute Gasteiger partial charge is 0.311 e. The molecule has 0 saturated heterocycles. The lowest BCUT2D eigenvalue weighted by molar-refractivity contribution is -0.385. The first-order chi connectivity index (χ1) is 14.6. The first kappa shape index (κ1) is 24.1. The first-order valence-corrected chi connectivity index (χ1v) is 9.81. The summed E-state index contributed by atoms with van der Waals surface area (Å²) in [5, 5.41) is 18.1. The zero-order chi connectivity index (χ0) is 23.1. The molecule has 0 radical (unpaired) electrons. The van der Waals surface area contributed by atoms with Crippen molar-refractivity contribution in [1.29, 1.82) is 0 Å². The molecule has 0 spiro atoms. The molecule has 164 valence electrons. The van der Waals surface area contributed by atoms with Crippen molar-refractivity contribution in [3.63, 3.8) is 0 Å². The van der Waals surface area contributed by atoms with Crippen LogP contribution in [-0.2, 0) is 4.79 Å². The first-order valence-electron chi connectivity index (χ1n) is 9.05. The summed E-state index contributed by atoms with van der Waals surface area (Å²) in [5.41, 5.74) is 2.66.